The number of amides is 1. The van der Waals surface area contributed by atoms with Crippen molar-refractivity contribution in [3.8, 4) is 0 Å². The first-order valence-electron chi connectivity index (χ1n) is 8.43. The lowest BCUT2D eigenvalue weighted by atomic mass is 9.96. The van der Waals surface area contributed by atoms with Crippen LogP contribution in [-0.4, -0.2) is 61.6 Å². The number of nitrogens with one attached hydrogen (secondary N) is 1. The van der Waals surface area contributed by atoms with E-state index in [1.807, 2.05) is 9.58 Å². The summed E-state index contributed by atoms with van der Waals surface area (Å²) in [5.41, 5.74) is 0.628. The minimum atomic E-state index is -0.0610. The lowest BCUT2D eigenvalue weighted by Gasteiger charge is -2.34. The summed E-state index contributed by atoms with van der Waals surface area (Å²) in [4.78, 5) is 25.0. The first kappa shape index (κ1) is 17.8. The number of hydrogen-bond acceptors (Lipinski definition) is 5. The Morgan fingerprint density at radius 2 is 1.84 bits per heavy atom. The van der Waals surface area contributed by atoms with Gasteiger partial charge in [-0.25, -0.2) is 9.67 Å². The molecule has 7 nitrogen and oxygen atoms in total. The number of carbonyl (C=O) groups excluding carboxylic acids is 1. The Hall–Kier alpha value is -2.06. The van der Waals surface area contributed by atoms with E-state index in [4.69, 9.17) is 12.2 Å². The quantitative estimate of drug-likeness (QED) is 0.849. The molecular formula is C17H24N6OS. The highest BCUT2D eigenvalue weighted by Gasteiger charge is 2.23. The summed E-state index contributed by atoms with van der Waals surface area (Å²) in [6.45, 7) is 10.0. The van der Waals surface area contributed by atoms with Gasteiger partial charge < -0.3 is 4.90 Å². The van der Waals surface area contributed by atoms with Gasteiger partial charge in [-0.15, -0.1) is 0 Å². The number of pyridine rings is 1. The van der Waals surface area contributed by atoms with E-state index in [1.54, 1.807) is 24.5 Å². The Labute approximate surface area is 152 Å². The van der Waals surface area contributed by atoms with Crippen LogP contribution in [-0.2, 0) is 12.1 Å². The van der Waals surface area contributed by atoms with Gasteiger partial charge >= 0.3 is 0 Å². The van der Waals surface area contributed by atoms with Crippen LogP contribution < -0.4 is 0 Å². The molecule has 1 amide bonds. The smallest absolute Gasteiger partial charge is 0.254 e. The predicted octanol–water partition coefficient (Wildman–Crippen LogP) is 2.05. The molecule has 0 radical (unpaired) electrons. The fourth-order valence-electron chi connectivity index (χ4n) is 2.76. The van der Waals surface area contributed by atoms with Gasteiger partial charge in [0.05, 0.1) is 6.67 Å². The molecule has 1 N–H and O–H groups in total. The summed E-state index contributed by atoms with van der Waals surface area (Å²) in [7, 11) is 0. The van der Waals surface area contributed by atoms with Gasteiger partial charge in [0.2, 0.25) is 4.77 Å². The number of piperazine rings is 1. The number of H-pyrrole nitrogens is 1. The molecule has 1 aliphatic rings. The van der Waals surface area contributed by atoms with Crippen molar-refractivity contribution in [2.24, 2.45) is 0 Å². The molecule has 0 atom stereocenters. The van der Waals surface area contributed by atoms with E-state index in [2.05, 4.69) is 40.7 Å². The van der Waals surface area contributed by atoms with Gasteiger partial charge in [0.25, 0.3) is 5.91 Å². The van der Waals surface area contributed by atoms with Crippen molar-refractivity contribution in [2.45, 2.75) is 32.9 Å². The molecule has 134 valence electrons. The van der Waals surface area contributed by atoms with Crippen molar-refractivity contribution < 1.29 is 4.79 Å². The zero-order valence-electron chi connectivity index (χ0n) is 14.9. The summed E-state index contributed by atoms with van der Waals surface area (Å²) >= 11 is 5.36. The maximum absolute atomic E-state index is 12.5. The maximum atomic E-state index is 12.5. The first-order valence-corrected chi connectivity index (χ1v) is 8.84. The zero-order chi connectivity index (χ0) is 18.0. The summed E-state index contributed by atoms with van der Waals surface area (Å²) in [6.07, 6.45) is 3.30. The van der Waals surface area contributed by atoms with Crippen LogP contribution in [0.1, 0.15) is 37.0 Å². The molecule has 0 aromatic carbocycles. The van der Waals surface area contributed by atoms with Crippen LogP contribution in [0.5, 0.6) is 0 Å². The fourth-order valence-corrected chi connectivity index (χ4v) is 2.95. The van der Waals surface area contributed by atoms with Crippen molar-refractivity contribution in [1.29, 1.82) is 0 Å². The van der Waals surface area contributed by atoms with E-state index in [0.29, 0.717) is 30.1 Å². The monoisotopic (exact) mass is 360 g/mol. The number of carbonyl (C=O) groups is 1. The molecule has 8 heteroatoms. The molecule has 0 saturated carbocycles. The third kappa shape index (κ3) is 4.13. The number of rotatable bonds is 3. The minimum Gasteiger partial charge on any atom is -0.336 e. The van der Waals surface area contributed by atoms with E-state index in [9.17, 15) is 4.79 Å². The molecule has 0 spiro atoms. The van der Waals surface area contributed by atoms with Crippen molar-refractivity contribution in [3.05, 3.63) is 40.7 Å². The molecule has 3 heterocycles. The summed E-state index contributed by atoms with van der Waals surface area (Å²) in [5, 5.41) is 3.30. The molecule has 0 aliphatic carbocycles. The van der Waals surface area contributed by atoms with Gasteiger partial charge in [0, 0.05) is 49.6 Å². The Kier molecular flexibility index (Phi) is 5.01. The normalized spacial score (nSPS) is 16.2. The highest BCUT2D eigenvalue weighted by atomic mass is 32.1. The van der Waals surface area contributed by atoms with Crippen LogP contribution >= 0.6 is 12.2 Å². The fraction of sp³-hybridized carbons (Fsp3) is 0.529. The highest BCUT2D eigenvalue weighted by Crippen LogP contribution is 2.18. The Balaban J connectivity index is 1.59. The molecule has 0 bridgehead atoms. The van der Waals surface area contributed by atoms with Gasteiger partial charge in [-0.3, -0.25) is 19.8 Å². The molecule has 25 heavy (non-hydrogen) atoms. The van der Waals surface area contributed by atoms with Gasteiger partial charge in [-0.05, 0) is 24.4 Å². The Bertz CT molecular complexity index is 783. The standard InChI is InChI=1S/C17H24N6OS/c1-17(2,3)15-19-16(25)23(20-15)12-21-8-10-22(11-9-21)14(24)13-4-6-18-7-5-13/h4-7H,8-12H2,1-3H3,(H,19,20,25). The lowest BCUT2D eigenvalue weighted by Crippen LogP contribution is -2.49. The van der Waals surface area contributed by atoms with Crippen molar-refractivity contribution in [1.82, 2.24) is 29.5 Å². The number of aromatic nitrogens is 4. The summed E-state index contributed by atoms with van der Waals surface area (Å²) in [5.74, 6) is 0.958. The van der Waals surface area contributed by atoms with Crippen molar-refractivity contribution in [2.75, 3.05) is 26.2 Å². The summed E-state index contributed by atoms with van der Waals surface area (Å²) < 4.78 is 2.47. The predicted molar refractivity (Wildman–Crippen MR) is 97.8 cm³/mol. The molecule has 1 aliphatic heterocycles. The molecule has 1 saturated heterocycles. The lowest BCUT2D eigenvalue weighted by molar-refractivity contribution is 0.0585. The number of hydrogen-bond donors (Lipinski definition) is 1. The largest absolute Gasteiger partial charge is 0.336 e. The maximum Gasteiger partial charge on any atom is 0.254 e. The van der Waals surface area contributed by atoms with Gasteiger partial charge in [-0.2, -0.15) is 0 Å². The molecule has 0 unspecified atom stereocenters. The minimum absolute atomic E-state index is 0.0610. The third-order valence-electron chi connectivity index (χ3n) is 4.32. The van der Waals surface area contributed by atoms with Crippen molar-refractivity contribution in [3.63, 3.8) is 0 Å². The average molecular weight is 360 g/mol. The first-order chi connectivity index (χ1) is 11.8. The molecule has 2 aromatic rings. The van der Waals surface area contributed by atoms with Gasteiger partial charge in [0.15, 0.2) is 0 Å². The van der Waals surface area contributed by atoms with E-state index < -0.39 is 0 Å². The summed E-state index contributed by atoms with van der Waals surface area (Å²) in [6, 6.07) is 3.51. The SMILES string of the molecule is CC(C)(C)c1nc(=S)n(CN2CCN(C(=O)c3ccncc3)CC2)[nH]1. The number of nitrogens with zero attached hydrogens (tertiary/aromatic N) is 5. The topological polar surface area (TPSA) is 70.1 Å². The second-order valence-corrected chi connectivity index (χ2v) is 7.69. The van der Waals surface area contributed by atoms with Crippen LogP contribution in [0.25, 0.3) is 0 Å². The average Bonchev–Trinajstić information content (AvgIpc) is 2.97. The molecule has 1 fully saturated rings. The zero-order valence-corrected chi connectivity index (χ0v) is 15.7. The van der Waals surface area contributed by atoms with Crippen LogP contribution in [0.4, 0.5) is 0 Å². The van der Waals surface area contributed by atoms with Gasteiger partial charge in [-0.1, -0.05) is 20.8 Å². The molecule has 3 rings (SSSR count). The van der Waals surface area contributed by atoms with Crippen LogP contribution in [0.15, 0.2) is 24.5 Å². The van der Waals surface area contributed by atoms with E-state index >= 15 is 0 Å². The molecular weight excluding hydrogens is 336 g/mol. The van der Waals surface area contributed by atoms with E-state index in [0.717, 1.165) is 18.9 Å². The van der Waals surface area contributed by atoms with E-state index in [-0.39, 0.29) is 11.3 Å². The van der Waals surface area contributed by atoms with Gasteiger partial charge in [0.1, 0.15) is 5.82 Å². The van der Waals surface area contributed by atoms with Crippen molar-refractivity contribution >= 4 is 18.1 Å². The second-order valence-electron chi connectivity index (χ2n) is 7.32. The second kappa shape index (κ2) is 7.05. The molecule has 2 aromatic heterocycles. The Morgan fingerprint density at radius 1 is 1.20 bits per heavy atom. The highest BCUT2D eigenvalue weighted by molar-refractivity contribution is 7.71. The number of aromatic amines is 1. The van der Waals surface area contributed by atoms with Crippen LogP contribution in [0.2, 0.25) is 0 Å². The van der Waals surface area contributed by atoms with Crippen LogP contribution in [0, 0.1) is 4.77 Å². The van der Waals surface area contributed by atoms with Crippen LogP contribution in [0.3, 0.4) is 0 Å². The third-order valence-corrected chi connectivity index (χ3v) is 4.63. The van der Waals surface area contributed by atoms with E-state index in [1.165, 1.54) is 0 Å². The Morgan fingerprint density at radius 3 is 2.40 bits per heavy atom.